The van der Waals surface area contributed by atoms with Gasteiger partial charge >= 0.3 is 0 Å². The minimum absolute atomic E-state index is 0.113. The maximum atomic E-state index is 12.4. The summed E-state index contributed by atoms with van der Waals surface area (Å²) in [4.78, 5) is 35.3. The maximum Gasteiger partial charge on any atom is 0.236 e. The number of benzene rings is 1. The molecule has 2 aromatic rings. The minimum atomic E-state index is -0.526. The predicted molar refractivity (Wildman–Crippen MR) is 107 cm³/mol. The molecule has 1 aromatic carbocycles. The Morgan fingerprint density at radius 1 is 1.14 bits per heavy atom. The molecular formula is C21H25N5O2. The zero-order valence-corrected chi connectivity index (χ0v) is 15.9. The molecule has 0 spiro atoms. The van der Waals surface area contributed by atoms with E-state index in [0.717, 1.165) is 61.5 Å². The molecular weight excluding hydrogens is 354 g/mol. The average Bonchev–Trinajstić information content (AvgIpc) is 3.20. The number of aryl methyl sites for hydroxylation is 1. The summed E-state index contributed by atoms with van der Waals surface area (Å²) in [5, 5.41) is 2.64. The summed E-state index contributed by atoms with van der Waals surface area (Å²) < 4.78 is 0. The summed E-state index contributed by atoms with van der Waals surface area (Å²) in [6, 6.07) is 10.0. The van der Waals surface area contributed by atoms with Crippen molar-refractivity contribution >= 4 is 17.6 Å². The molecule has 1 atom stereocenters. The SMILES string of the molecule is NC(=O)CNC(=O)[C@@H]1CCCN(c2nc(-c3ccccc3)nc3c2CCC3)C1. The highest BCUT2D eigenvalue weighted by molar-refractivity contribution is 5.85. The van der Waals surface area contributed by atoms with Crippen molar-refractivity contribution in [2.75, 3.05) is 24.5 Å². The Hall–Kier alpha value is -2.96. The normalized spacial score (nSPS) is 18.6. The van der Waals surface area contributed by atoms with Crippen LogP contribution in [0.1, 0.15) is 30.5 Å². The average molecular weight is 379 g/mol. The van der Waals surface area contributed by atoms with Crippen molar-refractivity contribution < 1.29 is 9.59 Å². The van der Waals surface area contributed by atoms with Crippen LogP contribution in [0.15, 0.2) is 30.3 Å². The Balaban J connectivity index is 1.60. The van der Waals surface area contributed by atoms with E-state index in [1.54, 1.807) is 0 Å². The van der Waals surface area contributed by atoms with Gasteiger partial charge in [-0.15, -0.1) is 0 Å². The molecule has 3 N–H and O–H groups in total. The molecule has 146 valence electrons. The Morgan fingerprint density at radius 2 is 1.96 bits per heavy atom. The summed E-state index contributed by atoms with van der Waals surface area (Å²) >= 11 is 0. The van der Waals surface area contributed by atoms with Crippen LogP contribution in [0, 0.1) is 5.92 Å². The van der Waals surface area contributed by atoms with E-state index in [1.807, 2.05) is 30.3 Å². The van der Waals surface area contributed by atoms with E-state index in [1.165, 1.54) is 5.56 Å². The highest BCUT2D eigenvalue weighted by Gasteiger charge is 2.30. The van der Waals surface area contributed by atoms with Gasteiger partial charge in [0.25, 0.3) is 0 Å². The lowest BCUT2D eigenvalue weighted by atomic mass is 9.96. The molecule has 1 fully saturated rings. The fourth-order valence-corrected chi connectivity index (χ4v) is 4.09. The minimum Gasteiger partial charge on any atom is -0.368 e. The van der Waals surface area contributed by atoms with E-state index >= 15 is 0 Å². The molecule has 2 heterocycles. The summed E-state index contributed by atoms with van der Waals surface area (Å²) in [5.41, 5.74) is 8.50. The number of aromatic nitrogens is 2. The van der Waals surface area contributed by atoms with E-state index in [0.29, 0.717) is 6.54 Å². The van der Waals surface area contributed by atoms with Gasteiger partial charge < -0.3 is 16.0 Å². The Morgan fingerprint density at radius 3 is 2.75 bits per heavy atom. The van der Waals surface area contributed by atoms with Gasteiger partial charge in [0.15, 0.2) is 5.82 Å². The van der Waals surface area contributed by atoms with Gasteiger partial charge in [-0.1, -0.05) is 30.3 Å². The molecule has 1 saturated heterocycles. The molecule has 4 rings (SSSR count). The number of rotatable bonds is 5. The molecule has 2 amide bonds. The Bertz CT molecular complexity index is 884. The second kappa shape index (κ2) is 7.96. The van der Waals surface area contributed by atoms with E-state index in [9.17, 15) is 9.59 Å². The number of amides is 2. The van der Waals surface area contributed by atoms with Crippen molar-refractivity contribution in [3.63, 3.8) is 0 Å². The number of anilines is 1. The summed E-state index contributed by atoms with van der Waals surface area (Å²) in [5.74, 6) is 0.908. The zero-order valence-electron chi connectivity index (χ0n) is 15.9. The summed E-state index contributed by atoms with van der Waals surface area (Å²) in [6.07, 6.45) is 4.76. The van der Waals surface area contributed by atoms with Crippen LogP contribution in [0.4, 0.5) is 5.82 Å². The quantitative estimate of drug-likeness (QED) is 0.819. The fourth-order valence-electron chi connectivity index (χ4n) is 4.09. The number of hydrogen-bond acceptors (Lipinski definition) is 5. The van der Waals surface area contributed by atoms with Crippen molar-refractivity contribution in [1.82, 2.24) is 15.3 Å². The van der Waals surface area contributed by atoms with Crippen LogP contribution in [0.25, 0.3) is 11.4 Å². The molecule has 0 saturated carbocycles. The second-order valence-corrected chi connectivity index (χ2v) is 7.48. The number of carbonyl (C=O) groups excluding carboxylic acids is 2. The van der Waals surface area contributed by atoms with Gasteiger partial charge in [0.1, 0.15) is 5.82 Å². The van der Waals surface area contributed by atoms with Crippen molar-refractivity contribution in [3.05, 3.63) is 41.6 Å². The van der Waals surface area contributed by atoms with E-state index in [4.69, 9.17) is 15.7 Å². The molecule has 1 aliphatic carbocycles. The lowest BCUT2D eigenvalue weighted by molar-refractivity contribution is -0.127. The van der Waals surface area contributed by atoms with Crippen molar-refractivity contribution in [2.24, 2.45) is 11.7 Å². The lowest BCUT2D eigenvalue weighted by Crippen LogP contribution is -2.45. The molecule has 0 unspecified atom stereocenters. The molecule has 0 bridgehead atoms. The van der Waals surface area contributed by atoms with Gasteiger partial charge in [0.2, 0.25) is 11.8 Å². The first-order valence-corrected chi connectivity index (χ1v) is 9.88. The topological polar surface area (TPSA) is 101 Å². The summed E-state index contributed by atoms with van der Waals surface area (Å²) in [6.45, 7) is 1.36. The van der Waals surface area contributed by atoms with Gasteiger partial charge in [-0.05, 0) is 32.1 Å². The largest absolute Gasteiger partial charge is 0.368 e. The maximum absolute atomic E-state index is 12.4. The Labute approximate surface area is 164 Å². The van der Waals surface area contributed by atoms with Crippen LogP contribution < -0.4 is 16.0 Å². The first kappa shape index (κ1) is 18.4. The van der Waals surface area contributed by atoms with Crippen LogP contribution in [0.5, 0.6) is 0 Å². The first-order valence-electron chi connectivity index (χ1n) is 9.88. The zero-order chi connectivity index (χ0) is 19.5. The van der Waals surface area contributed by atoms with Gasteiger partial charge in [0, 0.05) is 29.9 Å². The first-order chi connectivity index (χ1) is 13.6. The number of primary amides is 1. The molecule has 0 radical (unpaired) electrons. The molecule has 7 nitrogen and oxygen atoms in total. The number of fused-ring (bicyclic) bond motifs is 1. The number of nitrogens with zero attached hydrogens (tertiary/aromatic N) is 3. The lowest BCUT2D eigenvalue weighted by Gasteiger charge is -2.34. The third kappa shape index (κ3) is 3.83. The molecule has 28 heavy (non-hydrogen) atoms. The van der Waals surface area contributed by atoms with Gasteiger partial charge in [-0.25, -0.2) is 9.97 Å². The van der Waals surface area contributed by atoms with Crippen molar-refractivity contribution in [1.29, 1.82) is 0 Å². The molecule has 2 aliphatic rings. The standard InChI is InChI=1S/C21H25N5O2/c22-18(27)12-23-21(28)15-8-5-11-26(13-15)20-16-9-4-10-17(16)24-19(25-20)14-6-2-1-3-7-14/h1-3,6-7,15H,4-5,8-13H2,(H2,22,27)(H,23,28)/t15-/m1/s1. The van der Waals surface area contributed by atoms with Gasteiger partial charge in [-0.2, -0.15) is 0 Å². The van der Waals surface area contributed by atoms with Crippen molar-refractivity contribution in [3.8, 4) is 11.4 Å². The monoisotopic (exact) mass is 379 g/mol. The number of carbonyl (C=O) groups is 2. The van der Waals surface area contributed by atoms with E-state index < -0.39 is 5.91 Å². The number of hydrogen-bond donors (Lipinski definition) is 2. The number of piperidine rings is 1. The molecule has 1 aromatic heterocycles. The van der Waals surface area contributed by atoms with Gasteiger partial charge in [-0.3, -0.25) is 9.59 Å². The second-order valence-electron chi connectivity index (χ2n) is 7.48. The molecule has 1 aliphatic heterocycles. The fraction of sp³-hybridized carbons (Fsp3) is 0.429. The van der Waals surface area contributed by atoms with Crippen LogP contribution in [0.3, 0.4) is 0 Å². The highest BCUT2D eigenvalue weighted by atomic mass is 16.2. The van der Waals surface area contributed by atoms with Crippen LogP contribution in [0.2, 0.25) is 0 Å². The predicted octanol–water partition coefficient (Wildman–Crippen LogP) is 1.45. The summed E-state index contributed by atoms with van der Waals surface area (Å²) in [7, 11) is 0. The number of nitrogens with one attached hydrogen (secondary N) is 1. The molecule has 7 heteroatoms. The van der Waals surface area contributed by atoms with Crippen molar-refractivity contribution in [2.45, 2.75) is 32.1 Å². The number of nitrogens with two attached hydrogens (primary N) is 1. The van der Waals surface area contributed by atoms with E-state index in [2.05, 4.69) is 10.2 Å². The Kier molecular flexibility index (Phi) is 5.23. The third-order valence-corrected chi connectivity index (χ3v) is 5.47. The van der Waals surface area contributed by atoms with Gasteiger partial charge in [0.05, 0.1) is 12.5 Å². The van der Waals surface area contributed by atoms with Crippen LogP contribution in [-0.2, 0) is 22.4 Å². The smallest absolute Gasteiger partial charge is 0.236 e. The van der Waals surface area contributed by atoms with Crippen LogP contribution >= 0.6 is 0 Å². The third-order valence-electron chi connectivity index (χ3n) is 5.47. The van der Waals surface area contributed by atoms with Crippen LogP contribution in [-0.4, -0.2) is 41.4 Å². The van der Waals surface area contributed by atoms with E-state index in [-0.39, 0.29) is 18.4 Å². The highest BCUT2D eigenvalue weighted by Crippen LogP contribution is 2.33.